The summed E-state index contributed by atoms with van der Waals surface area (Å²) in [4.78, 5) is 0. The van der Waals surface area contributed by atoms with Gasteiger partial charge in [0.15, 0.2) is 0 Å². The van der Waals surface area contributed by atoms with E-state index in [0.717, 1.165) is 0 Å². The third-order valence-electron chi connectivity index (χ3n) is 7.66. The summed E-state index contributed by atoms with van der Waals surface area (Å²) in [5, 5.41) is 1.67. The second kappa shape index (κ2) is 8.77. The molecule has 0 unspecified atom stereocenters. The third-order valence-corrected chi connectivity index (χ3v) is 17.9. The molecule has 0 radical (unpaired) electrons. The fourth-order valence-electron chi connectivity index (χ4n) is 5.53. The molecule has 2 aliphatic rings. The third kappa shape index (κ3) is 4.79. The predicted molar refractivity (Wildman–Crippen MR) is 152 cm³/mol. The number of benzene rings is 2. The van der Waals surface area contributed by atoms with Crippen LogP contribution in [-0.4, -0.2) is 11.3 Å². The molecule has 2 heteroatoms. The molecule has 4 rings (SSSR count). The molecule has 0 fully saturated rings. The van der Waals surface area contributed by atoms with Gasteiger partial charge < -0.3 is 0 Å². The van der Waals surface area contributed by atoms with Crippen molar-refractivity contribution in [1.82, 2.24) is 0 Å². The normalized spacial score (nSPS) is 16.2. The van der Waals surface area contributed by atoms with Crippen LogP contribution in [0.1, 0.15) is 87.7 Å². The van der Waals surface area contributed by atoms with Crippen LogP contribution in [0.5, 0.6) is 0 Å². The van der Waals surface area contributed by atoms with Crippen LogP contribution in [0.3, 0.4) is 0 Å². The Kier molecular flexibility index (Phi) is 6.70. The topological polar surface area (TPSA) is 0 Å². The van der Waals surface area contributed by atoms with E-state index in [2.05, 4.69) is 124 Å². The van der Waals surface area contributed by atoms with Crippen molar-refractivity contribution in [2.24, 2.45) is 0 Å². The van der Waals surface area contributed by atoms with Crippen molar-refractivity contribution in [1.29, 1.82) is 0 Å². The zero-order valence-electron chi connectivity index (χ0n) is 23.4. The summed E-state index contributed by atoms with van der Waals surface area (Å²) in [6.07, 6.45) is 6.44. The Labute approximate surface area is 217 Å². The number of rotatable bonds is 3. The van der Waals surface area contributed by atoms with Gasteiger partial charge >= 0.3 is 219 Å². The van der Waals surface area contributed by atoms with Gasteiger partial charge in [-0.2, -0.15) is 0 Å². The minimum absolute atomic E-state index is 0.160. The summed E-state index contributed by atoms with van der Waals surface area (Å²) in [6.45, 7) is 26.4. The number of hydrogen-bond donors (Lipinski definition) is 0. The van der Waals surface area contributed by atoms with Crippen molar-refractivity contribution in [3.8, 4) is 11.1 Å². The first-order valence-corrected chi connectivity index (χ1v) is 20.3. The monoisotopic (exact) mass is 546 g/mol. The molecule has 0 bridgehead atoms. The van der Waals surface area contributed by atoms with Crippen molar-refractivity contribution in [3.63, 3.8) is 0 Å². The number of allylic oxidation sites excluding steroid dienone is 4. The Bertz CT molecular complexity index is 1170. The van der Waals surface area contributed by atoms with Gasteiger partial charge in [-0.3, -0.25) is 0 Å². The number of hydrogen-bond acceptors (Lipinski definition) is 0. The molecule has 0 nitrogen and oxygen atoms in total. The van der Waals surface area contributed by atoms with Crippen molar-refractivity contribution in [2.45, 2.75) is 95.9 Å². The first-order chi connectivity index (χ1) is 15.6. The molecular weight excluding hydrogens is 504 g/mol. The summed E-state index contributed by atoms with van der Waals surface area (Å²) in [5.41, 5.74) is 9.44. The molecule has 0 heterocycles. The van der Waals surface area contributed by atoms with Gasteiger partial charge in [-0.15, -0.1) is 0 Å². The second-order valence-electron chi connectivity index (χ2n) is 13.7. The summed E-state index contributed by atoms with van der Waals surface area (Å²) in [6, 6.07) is 14.9. The maximum atomic E-state index is 2.67. The fraction of sp³-hybridized carbons (Fsp3) is 0.469. The van der Waals surface area contributed by atoms with Crippen molar-refractivity contribution < 1.29 is 21.3 Å². The first kappa shape index (κ1) is 26.0. The van der Waals surface area contributed by atoms with E-state index in [1.165, 1.54) is 28.7 Å². The van der Waals surface area contributed by atoms with Crippen LogP contribution >= 0.6 is 0 Å². The van der Waals surface area contributed by atoms with Crippen molar-refractivity contribution in [2.75, 3.05) is 0 Å². The zero-order valence-corrected chi connectivity index (χ0v) is 26.9. The first-order valence-electron chi connectivity index (χ1n) is 13.0. The van der Waals surface area contributed by atoms with E-state index in [1.807, 2.05) is 3.28 Å². The Balaban J connectivity index is 1.94. The molecule has 0 aliphatic heterocycles. The van der Waals surface area contributed by atoms with E-state index in [1.54, 1.807) is 19.5 Å². The molecule has 0 spiro atoms. The molecule has 180 valence electrons. The molecule has 0 saturated heterocycles. The van der Waals surface area contributed by atoms with E-state index < -0.39 is 29.3 Å². The van der Waals surface area contributed by atoms with Crippen LogP contribution in [0, 0.1) is 0 Å². The van der Waals surface area contributed by atoms with Gasteiger partial charge in [0.1, 0.15) is 0 Å². The average Bonchev–Trinajstić information content (AvgIpc) is 3.30. The summed E-state index contributed by atoms with van der Waals surface area (Å²) in [7, 11) is -1.28. The fourth-order valence-corrected chi connectivity index (χ4v) is 15.4. The molecule has 2 aromatic rings. The van der Waals surface area contributed by atoms with E-state index in [-0.39, 0.29) is 10.8 Å². The van der Waals surface area contributed by atoms with Gasteiger partial charge in [0, 0.05) is 0 Å². The molecule has 2 aromatic carbocycles. The molecular formula is C32H44SiZr. The molecule has 0 atom stereocenters. The van der Waals surface area contributed by atoms with Gasteiger partial charge in [-0.05, 0) is 0 Å². The molecule has 2 aliphatic carbocycles. The van der Waals surface area contributed by atoms with Crippen LogP contribution in [-0.2, 0) is 32.1 Å². The summed E-state index contributed by atoms with van der Waals surface area (Å²) >= 11 is -2.12. The standard InChI is InChI=1S/C21H25.C8H13Si.C3H6.Zr/c1-20(2,3)16-9-7-14-11-15-8-10-17(21(4,5)6)13-19(15)18(14)12-16;1-9(2,3)8-6-4-5-7-8;1-3-2;/h7-13H,1-6H3;6-7H,4H2,1-3H3;1-2H3;. The van der Waals surface area contributed by atoms with Gasteiger partial charge in [0.05, 0.1) is 0 Å². The van der Waals surface area contributed by atoms with Gasteiger partial charge in [-0.1, -0.05) is 0 Å². The Hall–Kier alpha value is -1.11. The molecule has 0 aromatic heterocycles. The summed E-state index contributed by atoms with van der Waals surface area (Å²) < 4.78 is 4.13. The molecule has 0 N–H and O–H groups in total. The van der Waals surface area contributed by atoms with E-state index in [0.29, 0.717) is 3.63 Å². The Morgan fingerprint density at radius 1 is 0.794 bits per heavy atom. The van der Waals surface area contributed by atoms with E-state index in [9.17, 15) is 0 Å². The zero-order chi connectivity index (χ0) is 25.2. The van der Waals surface area contributed by atoms with Crippen LogP contribution in [0.2, 0.25) is 19.6 Å². The van der Waals surface area contributed by atoms with Crippen molar-refractivity contribution in [3.05, 3.63) is 79.3 Å². The molecule has 0 saturated carbocycles. The molecule has 0 amide bonds. The second-order valence-corrected chi connectivity index (χ2v) is 26.3. The van der Waals surface area contributed by atoms with Gasteiger partial charge in [0.25, 0.3) is 0 Å². The van der Waals surface area contributed by atoms with Gasteiger partial charge in [-0.25, -0.2) is 0 Å². The van der Waals surface area contributed by atoms with Gasteiger partial charge in [0.2, 0.25) is 0 Å². The maximum absolute atomic E-state index is 2.67. The predicted octanol–water partition coefficient (Wildman–Crippen LogP) is 9.27. The quantitative estimate of drug-likeness (QED) is 0.336. The molecule has 34 heavy (non-hydrogen) atoms. The number of fused-ring (bicyclic) bond motifs is 3. The van der Waals surface area contributed by atoms with Crippen LogP contribution in [0.4, 0.5) is 0 Å². The van der Waals surface area contributed by atoms with Crippen LogP contribution < -0.4 is 0 Å². The van der Waals surface area contributed by atoms with Crippen molar-refractivity contribution >= 4 is 11.3 Å². The van der Waals surface area contributed by atoms with E-state index >= 15 is 0 Å². The van der Waals surface area contributed by atoms with Crippen LogP contribution in [0.15, 0.2) is 57.0 Å². The Morgan fingerprint density at radius 3 is 1.62 bits per heavy atom. The SMILES string of the molecule is C[C](C)=[Zr]([C]1=CC([Si](C)(C)C)=CC1)[CH]1c2ccc(C(C)(C)C)cc2-c2cc(C(C)(C)C)ccc21. The Morgan fingerprint density at radius 2 is 1.26 bits per heavy atom. The minimum atomic E-state index is -2.12. The average molecular weight is 548 g/mol. The summed E-state index contributed by atoms with van der Waals surface area (Å²) in [5.74, 6) is 0. The van der Waals surface area contributed by atoms with Crippen LogP contribution in [0.25, 0.3) is 11.1 Å². The van der Waals surface area contributed by atoms with E-state index in [4.69, 9.17) is 0 Å².